The number of nitrogen functional groups attached to an aromatic ring is 1. The topological polar surface area (TPSA) is 90.5 Å². The molecule has 0 saturated carbocycles. The minimum absolute atomic E-state index is 0.171. The standard InChI is InChI=1S/C7H11N3O2/c8-6-3-5(10-12)1-2-7(6)9-4-11/h1-3,9-12H,4,8H2. The molecule has 5 heteroatoms. The third-order valence-corrected chi connectivity index (χ3v) is 1.45. The molecule has 1 aromatic carbocycles. The molecule has 5 nitrogen and oxygen atoms in total. The van der Waals surface area contributed by atoms with E-state index in [-0.39, 0.29) is 6.73 Å². The number of nitrogens with two attached hydrogens (primary N) is 1. The minimum Gasteiger partial charge on any atom is -0.397 e. The normalized spacial score (nSPS) is 9.50. The molecule has 0 aliphatic carbocycles. The third-order valence-electron chi connectivity index (χ3n) is 1.45. The zero-order valence-corrected chi connectivity index (χ0v) is 6.41. The van der Waals surface area contributed by atoms with Gasteiger partial charge in [0.2, 0.25) is 0 Å². The van der Waals surface area contributed by atoms with Crippen LogP contribution in [0.4, 0.5) is 17.1 Å². The predicted octanol–water partition coefficient (Wildman–Crippen LogP) is 0.432. The molecule has 0 amide bonds. The van der Waals surface area contributed by atoms with Crippen molar-refractivity contribution >= 4 is 17.1 Å². The van der Waals surface area contributed by atoms with Crippen molar-refractivity contribution in [2.24, 2.45) is 0 Å². The van der Waals surface area contributed by atoms with Gasteiger partial charge in [-0.25, -0.2) is 0 Å². The Morgan fingerprint density at radius 2 is 2.17 bits per heavy atom. The van der Waals surface area contributed by atoms with Crippen molar-refractivity contribution in [2.75, 3.05) is 23.3 Å². The highest BCUT2D eigenvalue weighted by atomic mass is 16.5. The highest BCUT2D eigenvalue weighted by Crippen LogP contribution is 2.21. The molecule has 1 rings (SSSR count). The van der Waals surface area contributed by atoms with Crippen LogP contribution in [0.5, 0.6) is 0 Å². The van der Waals surface area contributed by atoms with Gasteiger partial charge in [-0.1, -0.05) is 0 Å². The fourth-order valence-corrected chi connectivity index (χ4v) is 0.878. The highest BCUT2D eigenvalue weighted by molar-refractivity contribution is 5.70. The Morgan fingerprint density at radius 1 is 1.42 bits per heavy atom. The molecule has 12 heavy (non-hydrogen) atoms. The van der Waals surface area contributed by atoms with Gasteiger partial charge in [-0.05, 0) is 18.2 Å². The smallest absolute Gasteiger partial charge is 0.113 e. The molecule has 0 spiro atoms. The van der Waals surface area contributed by atoms with Crippen LogP contribution in [0.25, 0.3) is 0 Å². The molecule has 0 fully saturated rings. The molecule has 0 aliphatic rings. The van der Waals surface area contributed by atoms with Crippen molar-refractivity contribution in [3.8, 4) is 0 Å². The Kier molecular flexibility index (Phi) is 2.73. The molecule has 6 N–H and O–H groups in total. The zero-order valence-electron chi connectivity index (χ0n) is 6.41. The first-order valence-corrected chi connectivity index (χ1v) is 3.42. The number of anilines is 3. The number of hydrogen-bond donors (Lipinski definition) is 5. The van der Waals surface area contributed by atoms with E-state index >= 15 is 0 Å². The van der Waals surface area contributed by atoms with Crippen LogP contribution in [0, 0.1) is 0 Å². The molecular weight excluding hydrogens is 158 g/mol. The van der Waals surface area contributed by atoms with Crippen molar-refractivity contribution in [3.63, 3.8) is 0 Å². The van der Waals surface area contributed by atoms with E-state index in [0.29, 0.717) is 17.1 Å². The molecule has 0 heterocycles. The van der Waals surface area contributed by atoms with Crippen LogP contribution in [0.15, 0.2) is 18.2 Å². The Bertz CT molecular complexity index is 265. The fraction of sp³-hybridized carbons (Fsp3) is 0.143. The number of aliphatic hydroxyl groups excluding tert-OH is 1. The monoisotopic (exact) mass is 169 g/mol. The van der Waals surface area contributed by atoms with E-state index in [2.05, 4.69) is 5.32 Å². The second-order valence-electron chi connectivity index (χ2n) is 2.25. The molecule has 0 aliphatic heterocycles. The summed E-state index contributed by atoms with van der Waals surface area (Å²) in [6, 6.07) is 4.84. The van der Waals surface area contributed by atoms with E-state index in [1.807, 2.05) is 5.48 Å². The van der Waals surface area contributed by atoms with Crippen LogP contribution in [0.2, 0.25) is 0 Å². The molecular formula is C7H11N3O2. The van der Waals surface area contributed by atoms with Crippen molar-refractivity contribution in [1.82, 2.24) is 0 Å². The lowest BCUT2D eigenvalue weighted by Crippen LogP contribution is -2.03. The molecule has 0 atom stereocenters. The van der Waals surface area contributed by atoms with Gasteiger partial charge >= 0.3 is 0 Å². The summed E-state index contributed by atoms with van der Waals surface area (Å²) in [4.78, 5) is 0. The molecule has 0 radical (unpaired) electrons. The lowest BCUT2D eigenvalue weighted by molar-refractivity contribution is 0.326. The van der Waals surface area contributed by atoms with Gasteiger partial charge in [0, 0.05) is 0 Å². The summed E-state index contributed by atoms with van der Waals surface area (Å²) >= 11 is 0. The van der Waals surface area contributed by atoms with E-state index in [0.717, 1.165) is 0 Å². The van der Waals surface area contributed by atoms with Crippen molar-refractivity contribution < 1.29 is 10.3 Å². The van der Waals surface area contributed by atoms with Crippen LogP contribution in [0.3, 0.4) is 0 Å². The van der Waals surface area contributed by atoms with Gasteiger partial charge in [0.05, 0.1) is 17.1 Å². The first kappa shape index (κ1) is 8.63. The molecule has 0 unspecified atom stereocenters. The van der Waals surface area contributed by atoms with E-state index in [9.17, 15) is 0 Å². The second-order valence-corrected chi connectivity index (χ2v) is 2.25. The van der Waals surface area contributed by atoms with Crippen LogP contribution in [-0.4, -0.2) is 17.0 Å². The van der Waals surface area contributed by atoms with Gasteiger partial charge in [-0.2, -0.15) is 0 Å². The minimum atomic E-state index is -0.171. The van der Waals surface area contributed by atoms with Crippen LogP contribution in [-0.2, 0) is 0 Å². The summed E-state index contributed by atoms with van der Waals surface area (Å²) in [7, 11) is 0. The lowest BCUT2D eigenvalue weighted by atomic mass is 10.2. The molecule has 0 saturated heterocycles. The average molecular weight is 169 g/mol. The largest absolute Gasteiger partial charge is 0.397 e. The summed E-state index contributed by atoms with van der Waals surface area (Å²) in [5.41, 5.74) is 9.13. The summed E-state index contributed by atoms with van der Waals surface area (Å²) in [5, 5.41) is 19.7. The lowest BCUT2D eigenvalue weighted by Gasteiger charge is -2.07. The van der Waals surface area contributed by atoms with Gasteiger partial charge in [0.15, 0.2) is 0 Å². The number of benzene rings is 1. The Hall–Kier alpha value is -1.46. The van der Waals surface area contributed by atoms with Crippen molar-refractivity contribution in [1.29, 1.82) is 0 Å². The van der Waals surface area contributed by atoms with Crippen LogP contribution < -0.4 is 16.5 Å². The van der Waals surface area contributed by atoms with E-state index < -0.39 is 0 Å². The summed E-state index contributed by atoms with van der Waals surface area (Å²) in [5.74, 6) is 0. The Balaban J connectivity index is 2.87. The van der Waals surface area contributed by atoms with Crippen molar-refractivity contribution in [2.45, 2.75) is 0 Å². The van der Waals surface area contributed by atoms with E-state index in [1.165, 1.54) is 0 Å². The maximum absolute atomic E-state index is 8.54. The predicted molar refractivity (Wildman–Crippen MR) is 47.0 cm³/mol. The van der Waals surface area contributed by atoms with Gasteiger partial charge in [-0.3, -0.25) is 10.7 Å². The van der Waals surface area contributed by atoms with Gasteiger partial charge < -0.3 is 16.2 Å². The van der Waals surface area contributed by atoms with Gasteiger partial charge in [-0.15, -0.1) is 0 Å². The number of hydrogen-bond acceptors (Lipinski definition) is 5. The second kappa shape index (κ2) is 3.80. The Labute approximate surface area is 69.8 Å². The van der Waals surface area contributed by atoms with Gasteiger partial charge in [0.1, 0.15) is 6.73 Å². The highest BCUT2D eigenvalue weighted by Gasteiger charge is 1.97. The fourth-order valence-electron chi connectivity index (χ4n) is 0.878. The van der Waals surface area contributed by atoms with E-state index in [4.69, 9.17) is 16.0 Å². The van der Waals surface area contributed by atoms with Crippen LogP contribution in [0.1, 0.15) is 0 Å². The summed E-state index contributed by atoms with van der Waals surface area (Å²) < 4.78 is 0. The third kappa shape index (κ3) is 1.77. The molecule has 0 aromatic heterocycles. The quantitative estimate of drug-likeness (QED) is 0.257. The molecule has 1 aromatic rings. The number of nitrogens with one attached hydrogen (secondary N) is 2. The van der Waals surface area contributed by atoms with Crippen LogP contribution >= 0.6 is 0 Å². The maximum atomic E-state index is 8.54. The number of aliphatic hydroxyl groups is 1. The summed E-state index contributed by atoms with van der Waals surface area (Å²) in [6.45, 7) is -0.171. The first-order valence-electron chi connectivity index (χ1n) is 3.42. The Morgan fingerprint density at radius 3 is 2.67 bits per heavy atom. The molecule has 0 bridgehead atoms. The van der Waals surface area contributed by atoms with Gasteiger partial charge in [0.25, 0.3) is 0 Å². The number of rotatable bonds is 3. The molecule has 66 valence electrons. The summed E-state index contributed by atoms with van der Waals surface area (Å²) in [6.07, 6.45) is 0. The maximum Gasteiger partial charge on any atom is 0.113 e. The zero-order chi connectivity index (χ0) is 8.97. The SMILES string of the molecule is Nc1cc(NO)ccc1NCO. The average Bonchev–Trinajstić information content (AvgIpc) is 2.09. The van der Waals surface area contributed by atoms with Crippen molar-refractivity contribution in [3.05, 3.63) is 18.2 Å². The van der Waals surface area contributed by atoms with E-state index in [1.54, 1.807) is 18.2 Å². The first-order chi connectivity index (χ1) is 5.77.